The smallest absolute Gasteiger partial charge is 0.335 e. The maximum absolute atomic E-state index is 13.5. The Morgan fingerprint density at radius 3 is 2.11 bits per heavy atom. The number of nitrogens with one attached hydrogen (secondary N) is 1. The van der Waals surface area contributed by atoms with Gasteiger partial charge in [-0.1, -0.05) is 6.07 Å². The molecule has 0 bridgehead atoms. The van der Waals surface area contributed by atoms with E-state index in [9.17, 15) is 26.4 Å². The third kappa shape index (κ3) is 4.77. The number of sulfone groups is 1. The summed E-state index contributed by atoms with van der Waals surface area (Å²) in [5.74, 6) is -2.10. The zero-order chi connectivity index (χ0) is 25.5. The van der Waals surface area contributed by atoms with E-state index in [1.54, 1.807) is 13.8 Å². The van der Waals surface area contributed by atoms with Gasteiger partial charge in [0.05, 0.1) is 26.8 Å². The molecule has 0 aromatic heterocycles. The van der Waals surface area contributed by atoms with E-state index in [1.165, 1.54) is 54.6 Å². The highest BCUT2D eigenvalue weighted by molar-refractivity contribution is 7.94. The molecule has 35 heavy (non-hydrogen) atoms. The quantitative estimate of drug-likeness (QED) is 0.533. The highest BCUT2D eigenvalue weighted by Gasteiger charge is 2.36. The number of amides is 1. The van der Waals surface area contributed by atoms with E-state index >= 15 is 0 Å². The summed E-state index contributed by atoms with van der Waals surface area (Å²) in [5.41, 5.74) is 1.82. The molecule has 3 aromatic rings. The van der Waals surface area contributed by atoms with Gasteiger partial charge in [0.25, 0.3) is 15.9 Å². The molecule has 182 valence electrons. The molecule has 4 rings (SSSR count). The Hall–Kier alpha value is -3.70. The zero-order valence-corrected chi connectivity index (χ0v) is 20.5. The lowest BCUT2D eigenvalue weighted by Gasteiger charge is -2.30. The molecule has 2 N–H and O–H groups in total. The predicted octanol–water partition coefficient (Wildman–Crippen LogP) is 3.24. The molecule has 0 saturated heterocycles. The third-order valence-corrected chi connectivity index (χ3v) is 9.09. The lowest BCUT2D eigenvalue weighted by Crippen LogP contribution is -2.40. The van der Waals surface area contributed by atoms with Crippen molar-refractivity contribution in [1.29, 1.82) is 0 Å². The van der Waals surface area contributed by atoms with Crippen LogP contribution in [0.15, 0.2) is 70.5 Å². The van der Waals surface area contributed by atoms with Crippen LogP contribution in [0.1, 0.15) is 31.8 Å². The number of hydrogen-bond donors (Lipinski definition) is 2. The second kappa shape index (κ2) is 8.82. The molecule has 0 unspecified atom stereocenters. The monoisotopic (exact) mass is 514 g/mol. The molecule has 0 fully saturated rings. The topological polar surface area (TPSA) is 138 Å². The van der Waals surface area contributed by atoms with Gasteiger partial charge in [-0.15, -0.1) is 0 Å². The van der Waals surface area contributed by atoms with Gasteiger partial charge in [-0.05, 0) is 79.6 Å². The molecule has 1 amide bonds. The molecule has 0 aliphatic carbocycles. The van der Waals surface area contributed by atoms with Crippen LogP contribution in [0, 0.1) is 13.8 Å². The molecule has 1 aliphatic rings. The van der Waals surface area contributed by atoms with Crippen LogP contribution in [0.5, 0.6) is 0 Å². The van der Waals surface area contributed by atoms with Crippen LogP contribution in [0.3, 0.4) is 0 Å². The first-order chi connectivity index (χ1) is 16.4. The number of carboxylic acid groups (broad SMARTS) is 1. The first-order valence-electron chi connectivity index (χ1n) is 10.5. The van der Waals surface area contributed by atoms with Crippen LogP contribution in [0.25, 0.3) is 0 Å². The molecular weight excluding hydrogens is 492 g/mol. The SMILES string of the molecule is Cc1cc(C)cc(S(=O)(=O)N2CCS(=O)(=O)c3ccc(C(=O)Nc4ccc(C(=O)O)cc4)cc32)c1. The number of carbonyl (C=O) groups is 2. The first kappa shape index (κ1) is 24.4. The fraction of sp³-hybridized carbons (Fsp3) is 0.167. The second-order valence-electron chi connectivity index (χ2n) is 8.24. The van der Waals surface area contributed by atoms with Crippen LogP contribution in [-0.2, 0) is 19.9 Å². The Labute approximate surface area is 203 Å². The van der Waals surface area contributed by atoms with Gasteiger partial charge in [-0.2, -0.15) is 0 Å². The predicted molar refractivity (Wildman–Crippen MR) is 130 cm³/mol. The normalized spacial score (nSPS) is 14.7. The van der Waals surface area contributed by atoms with Crippen molar-refractivity contribution in [3.63, 3.8) is 0 Å². The number of benzene rings is 3. The van der Waals surface area contributed by atoms with E-state index in [0.29, 0.717) is 5.69 Å². The number of aromatic carboxylic acids is 1. The van der Waals surface area contributed by atoms with Gasteiger partial charge in [0.2, 0.25) is 0 Å². The largest absolute Gasteiger partial charge is 0.478 e. The molecule has 0 radical (unpaired) electrons. The average molecular weight is 515 g/mol. The number of aryl methyl sites for hydroxylation is 2. The van der Waals surface area contributed by atoms with E-state index < -0.39 is 31.7 Å². The molecule has 1 heterocycles. The minimum Gasteiger partial charge on any atom is -0.478 e. The summed E-state index contributed by atoms with van der Waals surface area (Å²) in [6.45, 7) is 3.25. The highest BCUT2D eigenvalue weighted by atomic mass is 32.2. The average Bonchev–Trinajstić information content (AvgIpc) is 2.78. The Bertz CT molecular complexity index is 1540. The van der Waals surface area contributed by atoms with Crippen molar-refractivity contribution >= 4 is 43.1 Å². The molecular formula is C24H22N2O7S2. The van der Waals surface area contributed by atoms with Crippen molar-refractivity contribution in [1.82, 2.24) is 0 Å². The van der Waals surface area contributed by atoms with E-state index in [-0.39, 0.29) is 38.9 Å². The Morgan fingerprint density at radius 1 is 0.914 bits per heavy atom. The number of carbonyl (C=O) groups excluding carboxylic acids is 1. The van der Waals surface area contributed by atoms with E-state index in [0.717, 1.165) is 15.4 Å². The van der Waals surface area contributed by atoms with Crippen LogP contribution in [0.4, 0.5) is 11.4 Å². The zero-order valence-electron chi connectivity index (χ0n) is 18.8. The highest BCUT2D eigenvalue weighted by Crippen LogP contribution is 2.36. The number of anilines is 2. The minimum absolute atomic E-state index is 0.0358. The first-order valence-corrected chi connectivity index (χ1v) is 13.6. The molecule has 9 nitrogen and oxygen atoms in total. The van der Waals surface area contributed by atoms with Crippen LogP contribution in [0.2, 0.25) is 0 Å². The van der Waals surface area contributed by atoms with Crippen molar-refractivity contribution in [3.8, 4) is 0 Å². The molecule has 3 aromatic carbocycles. The van der Waals surface area contributed by atoms with E-state index in [4.69, 9.17) is 5.11 Å². The fourth-order valence-corrected chi connectivity index (χ4v) is 7.15. The van der Waals surface area contributed by atoms with Crippen molar-refractivity contribution in [3.05, 3.63) is 82.9 Å². The number of hydrogen-bond acceptors (Lipinski definition) is 6. The number of sulfonamides is 1. The summed E-state index contributed by atoms with van der Waals surface area (Å²) in [7, 11) is -7.84. The second-order valence-corrected chi connectivity index (χ2v) is 12.2. The number of carboxylic acids is 1. The summed E-state index contributed by atoms with van der Waals surface area (Å²) in [6, 6.07) is 14.1. The molecule has 0 atom stereocenters. The Kier molecular flexibility index (Phi) is 6.16. The van der Waals surface area contributed by atoms with E-state index in [2.05, 4.69) is 5.32 Å². The summed E-state index contributed by atoms with van der Waals surface area (Å²) in [6.07, 6.45) is 0. The maximum atomic E-state index is 13.5. The van der Waals surface area contributed by atoms with E-state index in [1.807, 2.05) is 6.07 Å². The van der Waals surface area contributed by atoms with Crippen molar-refractivity contribution in [2.75, 3.05) is 21.9 Å². The van der Waals surface area contributed by atoms with Gasteiger partial charge in [-0.3, -0.25) is 9.10 Å². The molecule has 11 heteroatoms. The lowest BCUT2D eigenvalue weighted by atomic mass is 10.1. The van der Waals surface area contributed by atoms with Gasteiger partial charge in [-0.25, -0.2) is 21.6 Å². The Morgan fingerprint density at radius 2 is 1.51 bits per heavy atom. The summed E-state index contributed by atoms with van der Waals surface area (Å²) < 4.78 is 53.4. The summed E-state index contributed by atoms with van der Waals surface area (Å²) in [4.78, 5) is 23.7. The van der Waals surface area contributed by atoms with Crippen LogP contribution >= 0.6 is 0 Å². The van der Waals surface area contributed by atoms with Crippen molar-refractivity contribution in [2.24, 2.45) is 0 Å². The maximum Gasteiger partial charge on any atom is 0.335 e. The van der Waals surface area contributed by atoms with Gasteiger partial charge < -0.3 is 10.4 Å². The molecule has 0 saturated carbocycles. The van der Waals surface area contributed by atoms with Gasteiger partial charge in [0.15, 0.2) is 9.84 Å². The number of fused-ring (bicyclic) bond motifs is 1. The van der Waals surface area contributed by atoms with Crippen molar-refractivity contribution in [2.45, 2.75) is 23.6 Å². The number of nitrogens with zero attached hydrogens (tertiary/aromatic N) is 1. The molecule has 1 aliphatic heterocycles. The van der Waals surface area contributed by atoms with Gasteiger partial charge >= 0.3 is 5.97 Å². The Balaban J connectivity index is 1.74. The van der Waals surface area contributed by atoms with Gasteiger partial charge in [0, 0.05) is 17.8 Å². The van der Waals surface area contributed by atoms with Crippen LogP contribution in [-0.4, -0.2) is 46.1 Å². The summed E-state index contributed by atoms with van der Waals surface area (Å²) in [5, 5.41) is 11.6. The number of rotatable bonds is 5. The fourth-order valence-electron chi connectivity index (χ4n) is 3.91. The van der Waals surface area contributed by atoms with Crippen molar-refractivity contribution < 1.29 is 31.5 Å². The lowest BCUT2D eigenvalue weighted by molar-refractivity contribution is 0.0696. The summed E-state index contributed by atoms with van der Waals surface area (Å²) >= 11 is 0. The van der Waals surface area contributed by atoms with Gasteiger partial charge in [0.1, 0.15) is 0 Å². The molecule has 0 spiro atoms. The van der Waals surface area contributed by atoms with Crippen LogP contribution < -0.4 is 9.62 Å². The standard InChI is InChI=1S/C24H22N2O7S2/c1-15-11-16(2)13-20(12-15)35(32,33)26-9-10-34(30,31)22-8-5-18(14-21(22)26)23(27)25-19-6-3-17(4-7-19)24(28)29/h3-8,11-14H,9-10H2,1-2H3,(H,25,27)(H,28,29). The minimum atomic E-state index is -4.10. The third-order valence-electron chi connectivity index (χ3n) is 5.56.